The zero-order valence-corrected chi connectivity index (χ0v) is 8.99. The van der Waals surface area contributed by atoms with Crippen LogP contribution in [0, 0.1) is 10.1 Å². The van der Waals surface area contributed by atoms with Crippen molar-refractivity contribution in [3.63, 3.8) is 0 Å². The first kappa shape index (κ1) is 12.6. The fourth-order valence-corrected chi connectivity index (χ4v) is 1.17. The molecule has 0 heterocycles. The van der Waals surface area contributed by atoms with Crippen molar-refractivity contribution in [2.45, 2.75) is 33.6 Å². The average molecular weight is 195 g/mol. The summed E-state index contributed by atoms with van der Waals surface area (Å²) in [5.41, 5.74) is 1.06. The summed E-state index contributed by atoms with van der Waals surface area (Å²) in [5.74, 6) is 0. The van der Waals surface area contributed by atoms with Gasteiger partial charge < -0.3 is 0 Å². The number of nitro groups is 1. The van der Waals surface area contributed by atoms with Crippen molar-refractivity contribution in [3.05, 3.63) is 39.9 Å². The Hall–Kier alpha value is -1.38. The van der Waals surface area contributed by atoms with Crippen LogP contribution in [0.1, 0.15) is 32.8 Å². The van der Waals surface area contributed by atoms with Crippen LogP contribution in [0.15, 0.2) is 24.3 Å². The number of hydrogen-bond acceptors (Lipinski definition) is 2. The van der Waals surface area contributed by atoms with Gasteiger partial charge in [-0.2, -0.15) is 0 Å². The van der Waals surface area contributed by atoms with Crippen molar-refractivity contribution in [3.8, 4) is 0 Å². The minimum Gasteiger partial charge on any atom is -0.258 e. The standard InChI is InChI=1S/C9H11NO2.C2H6/c1-2-5-8-6-3-4-7-9(8)10(11)12;1-2/h3-4,6-7H,2,5H2,1H3;1-2H3. The van der Waals surface area contributed by atoms with Crippen LogP contribution in [-0.2, 0) is 6.42 Å². The molecule has 0 fully saturated rings. The number of benzene rings is 1. The van der Waals surface area contributed by atoms with Crippen LogP contribution >= 0.6 is 0 Å². The topological polar surface area (TPSA) is 43.1 Å². The molecular formula is C11H17NO2. The van der Waals surface area contributed by atoms with E-state index in [1.807, 2.05) is 32.9 Å². The van der Waals surface area contributed by atoms with Gasteiger partial charge in [0.05, 0.1) is 4.92 Å². The van der Waals surface area contributed by atoms with Gasteiger partial charge in [-0.25, -0.2) is 0 Å². The Morgan fingerprint density at radius 1 is 1.29 bits per heavy atom. The molecule has 0 amide bonds. The van der Waals surface area contributed by atoms with E-state index in [9.17, 15) is 10.1 Å². The fraction of sp³-hybridized carbons (Fsp3) is 0.455. The summed E-state index contributed by atoms with van der Waals surface area (Å²) >= 11 is 0. The van der Waals surface area contributed by atoms with E-state index < -0.39 is 0 Å². The van der Waals surface area contributed by atoms with Crippen LogP contribution in [-0.4, -0.2) is 4.92 Å². The molecule has 14 heavy (non-hydrogen) atoms. The van der Waals surface area contributed by atoms with Crippen LogP contribution in [0.4, 0.5) is 5.69 Å². The van der Waals surface area contributed by atoms with Gasteiger partial charge in [-0.05, 0) is 6.42 Å². The third-order valence-electron chi connectivity index (χ3n) is 1.71. The molecule has 3 nitrogen and oxygen atoms in total. The molecule has 3 heteroatoms. The summed E-state index contributed by atoms with van der Waals surface area (Å²) in [6.45, 7) is 6.01. The van der Waals surface area contributed by atoms with Crippen molar-refractivity contribution in [2.24, 2.45) is 0 Å². The molecule has 0 aliphatic carbocycles. The lowest BCUT2D eigenvalue weighted by Crippen LogP contribution is -1.94. The summed E-state index contributed by atoms with van der Waals surface area (Å²) in [6.07, 6.45) is 1.71. The second kappa shape index (κ2) is 7.06. The van der Waals surface area contributed by atoms with E-state index in [0.717, 1.165) is 18.4 Å². The molecule has 78 valence electrons. The van der Waals surface area contributed by atoms with Gasteiger partial charge >= 0.3 is 0 Å². The van der Waals surface area contributed by atoms with Crippen LogP contribution in [0.5, 0.6) is 0 Å². The van der Waals surface area contributed by atoms with Gasteiger partial charge in [0.1, 0.15) is 0 Å². The largest absolute Gasteiger partial charge is 0.272 e. The first-order chi connectivity index (χ1) is 6.75. The minimum atomic E-state index is -0.328. The lowest BCUT2D eigenvalue weighted by atomic mass is 10.1. The molecule has 1 aromatic rings. The molecule has 0 saturated heterocycles. The van der Waals surface area contributed by atoms with E-state index in [4.69, 9.17) is 0 Å². The smallest absolute Gasteiger partial charge is 0.258 e. The number of nitro benzene ring substituents is 1. The van der Waals surface area contributed by atoms with Crippen LogP contribution < -0.4 is 0 Å². The highest BCUT2D eigenvalue weighted by molar-refractivity contribution is 5.39. The van der Waals surface area contributed by atoms with E-state index in [-0.39, 0.29) is 10.6 Å². The maximum absolute atomic E-state index is 10.5. The Bertz CT molecular complexity index is 284. The van der Waals surface area contributed by atoms with Gasteiger partial charge in [0.2, 0.25) is 0 Å². The summed E-state index contributed by atoms with van der Waals surface area (Å²) in [5, 5.41) is 10.5. The Morgan fingerprint density at radius 2 is 1.86 bits per heavy atom. The molecular weight excluding hydrogens is 178 g/mol. The molecule has 0 radical (unpaired) electrons. The van der Waals surface area contributed by atoms with E-state index in [0.29, 0.717) is 0 Å². The molecule has 1 rings (SSSR count). The van der Waals surface area contributed by atoms with Gasteiger partial charge in [0.25, 0.3) is 5.69 Å². The first-order valence-corrected chi connectivity index (χ1v) is 4.98. The summed E-state index contributed by atoms with van der Waals surface area (Å²) in [7, 11) is 0. The van der Waals surface area contributed by atoms with E-state index in [1.54, 1.807) is 12.1 Å². The highest BCUT2D eigenvalue weighted by atomic mass is 16.6. The quantitative estimate of drug-likeness (QED) is 0.546. The van der Waals surface area contributed by atoms with Crippen molar-refractivity contribution in [2.75, 3.05) is 0 Å². The highest BCUT2D eigenvalue weighted by Crippen LogP contribution is 2.18. The highest BCUT2D eigenvalue weighted by Gasteiger charge is 2.09. The zero-order chi connectivity index (χ0) is 11.0. The average Bonchev–Trinajstić information content (AvgIpc) is 2.22. The Kier molecular flexibility index (Phi) is 6.37. The molecule has 0 spiro atoms. The van der Waals surface area contributed by atoms with Crippen LogP contribution in [0.3, 0.4) is 0 Å². The molecule has 0 N–H and O–H groups in total. The Morgan fingerprint density at radius 3 is 2.36 bits per heavy atom. The molecule has 0 saturated carbocycles. The molecule has 0 aliphatic heterocycles. The van der Waals surface area contributed by atoms with E-state index >= 15 is 0 Å². The normalized spacial score (nSPS) is 8.79. The van der Waals surface area contributed by atoms with Gasteiger partial charge in [-0.3, -0.25) is 10.1 Å². The van der Waals surface area contributed by atoms with Gasteiger partial charge in [0.15, 0.2) is 0 Å². The maximum atomic E-state index is 10.5. The SMILES string of the molecule is CC.CCCc1ccccc1[N+](=O)[O-]. The fourth-order valence-electron chi connectivity index (χ4n) is 1.17. The molecule has 0 aliphatic rings. The van der Waals surface area contributed by atoms with Crippen molar-refractivity contribution in [1.29, 1.82) is 0 Å². The number of nitrogens with zero attached hydrogens (tertiary/aromatic N) is 1. The zero-order valence-electron chi connectivity index (χ0n) is 8.99. The minimum absolute atomic E-state index is 0.236. The van der Waals surface area contributed by atoms with Crippen LogP contribution in [0.25, 0.3) is 0 Å². The summed E-state index contributed by atoms with van der Waals surface area (Å²) in [4.78, 5) is 10.2. The molecule has 1 aromatic carbocycles. The number of rotatable bonds is 3. The van der Waals surface area contributed by atoms with Crippen LogP contribution in [0.2, 0.25) is 0 Å². The Balaban J connectivity index is 0.000000791. The van der Waals surface area contributed by atoms with Crippen molar-refractivity contribution < 1.29 is 4.92 Å². The van der Waals surface area contributed by atoms with Gasteiger partial charge in [-0.15, -0.1) is 0 Å². The van der Waals surface area contributed by atoms with Gasteiger partial charge in [-0.1, -0.05) is 45.4 Å². The van der Waals surface area contributed by atoms with E-state index in [1.165, 1.54) is 0 Å². The van der Waals surface area contributed by atoms with Crippen molar-refractivity contribution in [1.82, 2.24) is 0 Å². The number of hydrogen-bond donors (Lipinski definition) is 0. The second-order valence-electron chi connectivity index (χ2n) is 2.64. The third kappa shape index (κ3) is 3.56. The molecule has 0 atom stereocenters. The Labute approximate surface area is 84.9 Å². The lowest BCUT2D eigenvalue weighted by molar-refractivity contribution is -0.385. The number of aryl methyl sites for hydroxylation is 1. The predicted molar refractivity (Wildman–Crippen MR) is 58.4 cm³/mol. The monoisotopic (exact) mass is 195 g/mol. The first-order valence-electron chi connectivity index (χ1n) is 4.98. The third-order valence-corrected chi connectivity index (χ3v) is 1.71. The summed E-state index contributed by atoms with van der Waals surface area (Å²) < 4.78 is 0. The molecule has 0 unspecified atom stereocenters. The summed E-state index contributed by atoms with van der Waals surface area (Å²) in [6, 6.07) is 6.88. The maximum Gasteiger partial charge on any atom is 0.272 e. The van der Waals surface area contributed by atoms with Crippen molar-refractivity contribution >= 4 is 5.69 Å². The van der Waals surface area contributed by atoms with E-state index in [2.05, 4.69) is 0 Å². The second-order valence-corrected chi connectivity index (χ2v) is 2.64. The molecule has 0 aromatic heterocycles. The predicted octanol–water partition coefficient (Wildman–Crippen LogP) is 3.57. The molecule has 0 bridgehead atoms. The van der Waals surface area contributed by atoms with Gasteiger partial charge in [0, 0.05) is 11.6 Å². The lowest BCUT2D eigenvalue weighted by Gasteiger charge is -1.98. The number of para-hydroxylation sites is 1.